The number of nitrogens with one attached hydrogen (secondary N) is 3. The average molecular weight is 368 g/mol. The van der Waals surface area contributed by atoms with Gasteiger partial charge in [0.1, 0.15) is 0 Å². The van der Waals surface area contributed by atoms with Gasteiger partial charge in [-0.05, 0) is 37.7 Å². The Kier molecular flexibility index (Phi) is 8.61. The molecular formula is C18H23Cl2N3O. The predicted octanol–water partition coefficient (Wildman–Crippen LogP) is 4.48. The molecule has 6 heteroatoms. The standard InChI is InChI=1S/C18H22ClN3O.ClH/c1-13(14-6-4-3-5-7-14)21-17-9-8-15(12-16(17)19)22-18(23)10-11-20-2;/h3-9,12-13,20-21H,10-11H2,1-2H3,(H,22,23);1H. The predicted molar refractivity (Wildman–Crippen MR) is 104 cm³/mol. The van der Waals surface area contributed by atoms with Crippen molar-refractivity contribution in [2.45, 2.75) is 19.4 Å². The highest BCUT2D eigenvalue weighted by atomic mass is 35.5. The first-order valence-corrected chi connectivity index (χ1v) is 8.03. The van der Waals surface area contributed by atoms with Crippen LogP contribution in [-0.2, 0) is 4.79 Å². The van der Waals surface area contributed by atoms with E-state index in [0.717, 1.165) is 5.69 Å². The van der Waals surface area contributed by atoms with Crippen molar-refractivity contribution in [1.82, 2.24) is 5.32 Å². The van der Waals surface area contributed by atoms with Crippen LogP contribution in [0, 0.1) is 0 Å². The van der Waals surface area contributed by atoms with Crippen LogP contribution >= 0.6 is 24.0 Å². The molecule has 0 aliphatic rings. The molecule has 1 unspecified atom stereocenters. The van der Waals surface area contributed by atoms with E-state index >= 15 is 0 Å². The number of anilines is 2. The highest BCUT2D eigenvalue weighted by Gasteiger charge is 2.09. The molecule has 0 saturated carbocycles. The molecule has 3 N–H and O–H groups in total. The van der Waals surface area contributed by atoms with Gasteiger partial charge in [0.25, 0.3) is 0 Å². The Labute approximate surface area is 154 Å². The Hall–Kier alpha value is -1.75. The van der Waals surface area contributed by atoms with Gasteiger partial charge in [0.05, 0.1) is 10.7 Å². The lowest BCUT2D eigenvalue weighted by Crippen LogP contribution is -2.18. The van der Waals surface area contributed by atoms with Crippen molar-refractivity contribution in [3.8, 4) is 0 Å². The molecule has 1 atom stereocenters. The SMILES string of the molecule is CNCCC(=O)Nc1ccc(NC(C)c2ccccc2)c(Cl)c1.Cl. The molecule has 2 aromatic carbocycles. The molecule has 0 saturated heterocycles. The van der Waals surface area contributed by atoms with Crippen LogP contribution in [0.25, 0.3) is 0 Å². The van der Waals surface area contributed by atoms with E-state index in [1.54, 1.807) is 6.07 Å². The maximum absolute atomic E-state index is 11.7. The summed E-state index contributed by atoms with van der Waals surface area (Å²) in [4.78, 5) is 11.7. The van der Waals surface area contributed by atoms with E-state index in [2.05, 4.69) is 35.0 Å². The average Bonchev–Trinajstić information content (AvgIpc) is 2.56. The number of carbonyl (C=O) groups excluding carboxylic acids is 1. The second kappa shape index (κ2) is 10.2. The number of benzene rings is 2. The third-order valence-corrected chi connectivity index (χ3v) is 3.84. The van der Waals surface area contributed by atoms with Gasteiger partial charge in [-0.15, -0.1) is 12.4 Å². The summed E-state index contributed by atoms with van der Waals surface area (Å²) in [6.07, 6.45) is 0.430. The zero-order chi connectivity index (χ0) is 16.7. The molecule has 0 fully saturated rings. The Morgan fingerprint density at radius 3 is 2.50 bits per heavy atom. The Balaban J connectivity index is 0.00000288. The van der Waals surface area contributed by atoms with Crippen LogP contribution in [0.2, 0.25) is 5.02 Å². The fourth-order valence-electron chi connectivity index (χ4n) is 2.23. The van der Waals surface area contributed by atoms with Crippen LogP contribution in [0.15, 0.2) is 48.5 Å². The topological polar surface area (TPSA) is 53.2 Å². The van der Waals surface area contributed by atoms with Crippen LogP contribution in [0.1, 0.15) is 24.9 Å². The lowest BCUT2D eigenvalue weighted by molar-refractivity contribution is -0.116. The monoisotopic (exact) mass is 367 g/mol. The number of rotatable bonds is 7. The highest BCUT2D eigenvalue weighted by molar-refractivity contribution is 6.33. The van der Waals surface area contributed by atoms with Crippen LogP contribution in [-0.4, -0.2) is 19.5 Å². The normalized spacial score (nSPS) is 11.3. The molecule has 130 valence electrons. The second-order valence-electron chi connectivity index (χ2n) is 5.37. The first kappa shape index (κ1) is 20.3. The van der Waals surface area contributed by atoms with Crippen molar-refractivity contribution in [1.29, 1.82) is 0 Å². The third kappa shape index (κ3) is 6.04. The van der Waals surface area contributed by atoms with E-state index in [9.17, 15) is 4.79 Å². The Morgan fingerprint density at radius 1 is 1.17 bits per heavy atom. The van der Waals surface area contributed by atoms with Crippen molar-refractivity contribution in [2.24, 2.45) is 0 Å². The molecule has 0 spiro atoms. The summed E-state index contributed by atoms with van der Waals surface area (Å²) >= 11 is 6.32. The molecule has 2 rings (SSSR count). The Bertz CT molecular complexity index is 650. The lowest BCUT2D eigenvalue weighted by Gasteiger charge is -2.17. The molecule has 4 nitrogen and oxygen atoms in total. The maximum atomic E-state index is 11.7. The number of halogens is 2. The number of hydrogen-bond acceptors (Lipinski definition) is 3. The van der Waals surface area contributed by atoms with Gasteiger partial charge in [-0.1, -0.05) is 41.9 Å². The molecular weight excluding hydrogens is 345 g/mol. The highest BCUT2D eigenvalue weighted by Crippen LogP contribution is 2.29. The molecule has 0 radical (unpaired) electrons. The van der Waals surface area contributed by atoms with Gasteiger partial charge in [-0.25, -0.2) is 0 Å². The van der Waals surface area contributed by atoms with Crippen LogP contribution in [0.3, 0.4) is 0 Å². The summed E-state index contributed by atoms with van der Waals surface area (Å²) < 4.78 is 0. The zero-order valence-electron chi connectivity index (χ0n) is 13.8. The van der Waals surface area contributed by atoms with Crippen molar-refractivity contribution in [2.75, 3.05) is 24.2 Å². The first-order chi connectivity index (χ1) is 11.1. The van der Waals surface area contributed by atoms with Gasteiger partial charge in [0.15, 0.2) is 0 Å². The molecule has 24 heavy (non-hydrogen) atoms. The summed E-state index contributed by atoms with van der Waals surface area (Å²) in [6.45, 7) is 2.73. The third-order valence-electron chi connectivity index (χ3n) is 3.53. The summed E-state index contributed by atoms with van der Waals surface area (Å²) in [7, 11) is 1.82. The molecule has 1 amide bonds. The van der Waals surface area contributed by atoms with E-state index in [1.807, 2.05) is 37.4 Å². The van der Waals surface area contributed by atoms with E-state index in [-0.39, 0.29) is 24.4 Å². The fourth-order valence-corrected chi connectivity index (χ4v) is 2.47. The van der Waals surface area contributed by atoms with Crippen molar-refractivity contribution in [3.63, 3.8) is 0 Å². The van der Waals surface area contributed by atoms with Crippen molar-refractivity contribution < 1.29 is 4.79 Å². The van der Waals surface area contributed by atoms with Gasteiger partial charge in [-0.3, -0.25) is 4.79 Å². The molecule has 0 bridgehead atoms. The molecule has 0 aromatic heterocycles. The van der Waals surface area contributed by atoms with Gasteiger partial charge in [-0.2, -0.15) is 0 Å². The van der Waals surface area contributed by atoms with Crippen LogP contribution in [0.5, 0.6) is 0 Å². The minimum atomic E-state index is -0.0335. The molecule has 0 heterocycles. The molecule has 0 aliphatic heterocycles. The number of carbonyl (C=O) groups is 1. The number of hydrogen-bond donors (Lipinski definition) is 3. The minimum Gasteiger partial charge on any atom is -0.377 e. The summed E-state index contributed by atoms with van der Waals surface area (Å²) in [5, 5.41) is 9.75. The van der Waals surface area contributed by atoms with E-state index in [4.69, 9.17) is 11.6 Å². The largest absolute Gasteiger partial charge is 0.377 e. The van der Waals surface area contributed by atoms with Gasteiger partial charge in [0, 0.05) is 24.7 Å². The van der Waals surface area contributed by atoms with Crippen LogP contribution < -0.4 is 16.0 Å². The second-order valence-corrected chi connectivity index (χ2v) is 5.78. The summed E-state index contributed by atoms with van der Waals surface area (Å²) in [6, 6.07) is 15.8. The quantitative estimate of drug-likeness (QED) is 0.675. The molecule has 2 aromatic rings. The number of amides is 1. The van der Waals surface area contributed by atoms with Gasteiger partial charge in [0.2, 0.25) is 5.91 Å². The summed E-state index contributed by atoms with van der Waals surface area (Å²) in [5.41, 5.74) is 2.73. The minimum absolute atomic E-state index is 0. The van der Waals surface area contributed by atoms with E-state index in [1.165, 1.54) is 5.56 Å². The zero-order valence-corrected chi connectivity index (χ0v) is 15.4. The first-order valence-electron chi connectivity index (χ1n) is 7.65. The van der Waals surface area contributed by atoms with Crippen LogP contribution in [0.4, 0.5) is 11.4 Å². The fraction of sp³-hybridized carbons (Fsp3) is 0.278. The van der Waals surface area contributed by atoms with Gasteiger partial charge < -0.3 is 16.0 Å². The smallest absolute Gasteiger partial charge is 0.225 e. The van der Waals surface area contributed by atoms with E-state index < -0.39 is 0 Å². The maximum Gasteiger partial charge on any atom is 0.225 e. The summed E-state index contributed by atoms with van der Waals surface area (Å²) in [5.74, 6) is -0.0335. The molecule has 0 aliphatic carbocycles. The van der Waals surface area contributed by atoms with Crippen molar-refractivity contribution >= 4 is 41.3 Å². The van der Waals surface area contributed by atoms with E-state index in [0.29, 0.717) is 23.7 Å². The lowest BCUT2D eigenvalue weighted by atomic mass is 10.1. The Morgan fingerprint density at radius 2 is 1.88 bits per heavy atom. The van der Waals surface area contributed by atoms with Crippen molar-refractivity contribution in [3.05, 3.63) is 59.1 Å². The van der Waals surface area contributed by atoms with Gasteiger partial charge >= 0.3 is 0 Å².